The summed E-state index contributed by atoms with van der Waals surface area (Å²) >= 11 is 0. The molecule has 0 spiro atoms. The maximum Gasteiger partial charge on any atom is 0.306 e. The fourth-order valence-electron chi connectivity index (χ4n) is 14.5. The molecule has 102 heavy (non-hydrogen) atoms. The molecule has 0 aliphatic heterocycles. The second-order valence-electron chi connectivity index (χ2n) is 33.0. The lowest BCUT2D eigenvalue weighted by Crippen LogP contribution is -2.44. The summed E-state index contributed by atoms with van der Waals surface area (Å²) in [7, 11) is 5.96. The number of quaternary nitrogens is 1. The third kappa shape index (κ3) is 85.0. The van der Waals surface area contributed by atoms with Crippen molar-refractivity contribution in [1.82, 2.24) is 0 Å². The van der Waals surface area contributed by atoms with E-state index >= 15 is 0 Å². The van der Waals surface area contributed by atoms with Crippen molar-refractivity contribution in [3.05, 3.63) is 24.3 Å². The van der Waals surface area contributed by atoms with Gasteiger partial charge in [0, 0.05) is 12.8 Å². The number of carboxylic acids is 1. The van der Waals surface area contributed by atoms with Crippen molar-refractivity contribution in [2.45, 2.75) is 508 Å². The number of unbranched alkanes of at least 4 members (excludes halogenated alkanes) is 69. The van der Waals surface area contributed by atoms with Gasteiger partial charge in [-0.2, -0.15) is 0 Å². The number of carboxylic acid groups (broad SMARTS) is 1. The Morgan fingerprint density at radius 2 is 0.529 bits per heavy atom. The van der Waals surface area contributed by atoms with E-state index in [1.54, 1.807) is 0 Å². The number of carbonyl (C=O) groups is 3. The first-order valence-electron chi connectivity index (χ1n) is 46.0. The molecule has 0 aliphatic carbocycles. The molecule has 604 valence electrons. The van der Waals surface area contributed by atoms with Gasteiger partial charge in [-0.05, 0) is 44.9 Å². The first-order valence-corrected chi connectivity index (χ1v) is 46.0. The van der Waals surface area contributed by atoms with Crippen LogP contribution < -0.4 is 5.11 Å². The van der Waals surface area contributed by atoms with Crippen LogP contribution >= 0.6 is 0 Å². The van der Waals surface area contributed by atoms with Crippen molar-refractivity contribution in [2.24, 2.45) is 0 Å². The lowest BCUT2D eigenvalue weighted by atomic mass is 10.0. The molecule has 0 aromatic rings. The van der Waals surface area contributed by atoms with Gasteiger partial charge in [-0.3, -0.25) is 9.59 Å². The maximum absolute atomic E-state index is 13.0. The van der Waals surface area contributed by atoms with Gasteiger partial charge in [-0.15, -0.1) is 0 Å². The highest BCUT2D eigenvalue weighted by Gasteiger charge is 2.22. The Labute approximate surface area is 637 Å². The third-order valence-electron chi connectivity index (χ3n) is 21.5. The van der Waals surface area contributed by atoms with E-state index < -0.39 is 24.3 Å². The molecular weight excluding hydrogens is 1260 g/mol. The summed E-state index contributed by atoms with van der Waals surface area (Å²) in [5.41, 5.74) is 0. The van der Waals surface area contributed by atoms with E-state index in [-0.39, 0.29) is 32.2 Å². The summed E-state index contributed by atoms with van der Waals surface area (Å²) in [6.07, 6.45) is 107. The molecule has 0 rings (SSSR count). The number of aliphatic carboxylic acids is 1. The second kappa shape index (κ2) is 84.4. The van der Waals surface area contributed by atoms with Crippen LogP contribution in [-0.4, -0.2) is 82.3 Å². The number of allylic oxidation sites excluding steroid dienone is 4. The molecule has 0 saturated carbocycles. The first-order chi connectivity index (χ1) is 50.1. The summed E-state index contributed by atoms with van der Waals surface area (Å²) in [6.45, 7) is 4.84. The zero-order chi connectivity index (χ0) is 73.9. The Kier molecular flexibility index (Phi) is 82.5. The SMILES string of the molecule is CCCCCCC/C=C\C/C=C\CCCCCCCCCCCCCCCCCCCCCCCCCCCCCCCC(=O)OC(COC(=O)CCCCCCCCCCCCCCCCCCCCCCCCCCCCCCCCCCCCCC)COC(OCC[N+](C)(C)C)C(=O)[O-]. The Balaban J connectivity index is 3.87. The van der Waals surface area contributed by atoms with E-state index in [1.807, 2.05) is 21.1 Å². The molecule has 0 aromatic heterocycles. The Hall–Kier alpha value is -2.23. The van der Waals surface area contributed by atoms with Crippen LogP contribution in [0.2, 0.25) is 0 Å². The van der Waals surface area contributed by atoms with Crippen LogP contribution in [0.4, 0.5) is 0 Å². The quantitative estimate of drug-likeness (QED) is 0.0195. The topological polar surface area (TPSA) is 111 Å². The molecule has 0 saturated heterocycles. The summed E-state index contributed by atoms with van der Waals surface area (Å²) < 4.78 is 22.9. The van der Waals surface area contributed by atoms with Gasteiger partial charge in [0.25, 0.3) is 0 Å². The highest BCUT2D eigenvalue weighted by molar-refractivity contribution is 5.70. The van der Waals surface area contributed by atoms with Crippen molar-refractivity contribution < 1.29 is 42.9 Å². The zero-order valence-electron chi connectivity index (χ0n) is 69.5. The molecule has 0 radical (unpaired) electrons. The maximum atomic E-state index is 13.0. The summed E-state index contributed by atoms with van der Waals surface area (Å²) in [6, 6.07) is 0. The van der Waals surface area contributed by atoms with Gasteiger partial charge in [-0.25, -0.2) is 0 Å². The summed E-state index contributed by atoms with van der Waals surface area (Å²) in [5, 5.41) is 11.9. The van der Waals surface area contributed by atoms with Crippen molar-refractivity contribution >= 4 is 17.9 Å². The number of carbonyl (C=O) groups excluding carboxylic acids is 3. The van der Waals surface area contributed by atoms with Crippen LogP contribution in [0.1, 0.15) is 495 Å². The molecule has 0 heterocycles. The van der Waals surface area contributed by atoms with E-state index in [0.29, 0.717) is 17.4 Å². The summed E-state index contributed by atoms with van der Waals surface area (Å²) in [4.78, 5) is 37.7. The van der Waals surface area contributed by atoms with E-state index in [2.05, 4.69) is 38.2 Å². The van der Waals surface area contributed by atoms with Crippen LogP contribution in [0.5, 0.6) is 0 Å². The minimum absolute atomic E-state index is 0.153. The lowest BCUT2D eigenvalue weighted by Gasteiger charge is -2.26. The fraction of sp³-hybridized carbons (Fsp3) is 0.925. The van der Waals surface area contributed by atoms with Crippen molar-refractivity contribution in [1.29, 1.82) is 0 Å². The standard InChI is InChI=1S/C93H179NO8/c1-6-8-10-12-14-16-18-20-22-24-26-28-30-32-34-36-38-40-42-44-45-46-47-48-50-52-54-56-58-60-62-64-66-68-70-72-74-76-78-80-82-84-91(96)102-89(88-101-93(92(97)98)99-86-85-94(3,4)5)87-100-90(95)83-81-79-77-75-73-71-69-67-65-63-61-59-57-55-53-51-49-43-41-39-37-35-33-31-29-27-25-23-21-19-17-15-13-11-9-7-2/h18,20,24,26,89,93H,6-17,19,21-23,25,27-88H2,1-5H3/b20-18-,26-24-. The smallest absolute Gasteiger partial charge is 0.306 e. The van der Waals surface area contributed by atoms with Crippen LogP contribution in [0.15, 0.2) is 24.3 Å². The van der Waals surface area contributed by atoms with Crippen LogP contribution in [0, 0.1) is 0 Å². The number of ether oxygens (including phenoxy) is 4. The molecule has 0 N–H and O–H groups in total. The van der Waals surface area contributed by atoms with Crippen molar-refractivity contribution in [3.63, 3.8) is 0 Å². The van der Waals surface area contributed by atoms with Gasteiger partial charge in [-0.1, -0.05) is 462 Å². The van der Waals surface area contributed by atoms with Crippen LogP contribution in [0.3, 0.4) is 0 Å². The highest BCUT2D eigenvalue weighted by atomic mass is 16.7. The molecule has 0 aromatic carbocycles. The van der Waals surface area contributed by atoms with E-state index in [0.717, 1.165) is 44.9 Å². The number of likely N-dealkylation sites (N-methyl/N-ethyl adjacent to an activating group) is 1. The molecule has 0 amide bonds. The van der Waals surface area contributed by atoms with Gasteiger partial charge >= 0.3 is 11.9 Å². The fourth-order valence-corrected chi connectivity index (χ4v) is 14.5. The predicted molar refractivity (Wildman–Crippen MR) is 440 cm³/mol. The minimum Gasteiger partial charge on any atom is -0.545 e. The molecule has 0 fully saturated rings. The Bertz CT molecular complexity index is 1730. The van der Waals surface area contributed by atoms with Crippen molar-refractivity contribution in [3.8, 4) is 0 Å². The van der Waals surface area contributed by atoms with E-state index in [1.165, 1.54) is 424 Å². The van der Waals surface area contributed by atoms with Crippen LogP contribution in [0.25, 0.3) is 0 Å². The lowest BCUT2D eigenvalue weighted by molar-refractivity contribution is -0.870. The predicted octanol–water partition coefficient (Wildman–Crippen LogP) is 28.7. The molecule has 0 aliphatic rings. The minimum atomic E-state index is -1.62. The molecule has 9 nitrogen and oxygen atoms in total. The number of nitrogens with zero attached hydrogens (tertiary/aromatic N) is 1. The largest absolute Gasteiger partial charge is 0.545 e. The van der Waals surface area contributed by atoms with Gasteiger partial charge in [0.15, 0.2) is 12.4 Å². The van der Waals surface area contributed by atoms with E-state index in [4.69, 9.17) is 18.9 Å². The average molecular weight is 1440 g/mol. The molecule has 0 bridgehead atoms. The molecule has 2 atom stereocenters. The number of rotatable bonds is 88. The summed E-state index contributed by atoms with van der Waals surface area (Å²) in [5.74, 6) is -2.24. The van der Waals surface area contributed by atoms with Gasteiger partial charge in [0.05, 0.1) is 40.3 Å². The highest BCUT2D eigenvalue weighted by Crippen LogP contribution is 2.22. The number of hydrogen-bond donors (Lipinski definition) is 0. The van der Waals surface area contributed by atoms with E-state index in [9.17, 15) is 19.5 Å². The molecule has 9 heteroatoms. The molecular formula is C93H179NO8. The normalized spacial score (nSPS) is 12.6. The first kappa shape index (κ1) is 99.8. The van der Waals surface area contributed by atoms with Gasteiger partial charge < -0.3 is 33.3 Å². The van der Waals surface area contributed by atoms with Gasteiger partial charge in [0.2, 0.25) is 0 Å². The van der Waals surface area contributed by atoms with Crippen LogP contribution in [-0.2, 0) is 33.3 Å². The zero-order valence-corrected chi connectivity index (χ0v) is 69.5. The number of hydrogen-bond acceptors (Lipinski definition) is 8. The third-order valence-corrected chi connectivity index (χ3v) is 21.5. The Morgan fingerprint density at radius 1 is 0.294 bits per heavy atom. The molecule has 2 unspecified atom stereocenters. The van der Waals surface area contributed by atoms with Crippen molar-refractivity contribution in [2.75, 3.05) is 47.5 Å². The monoisotopic (exact) mass is 1440 g/mol. The van der Waals surface area contributed by atoms with Gasteiger partial charge in [0.1, 0.15) is 13.2 Å². The number of esters is 2. The second-order valence-corrected chi connectivity index (χ2v) is 33.0. The Morgan fingerprint density at radius 3 is 0.775 bits per heavy atom. The average Bonchev–Trinajstić information content (AvgIpc) is 0.999.